The molecule has 0 amide bonds. The monoisotopic (exact) mass is 1470 g/mol. The van der Waals surface area contributed by atoms with E-state index in [0.717, 1.165) is 72.8 Å². The van der Waals surface area contributed by atoms with E-state index in [9.17, 15) is 88.0 Å². The van der Waals surface area contributed by atoms with E-state index < -0.39 is 135 Å². The number of piperazine rings is 1. The first-order valence-corrected chi connectivity index (χ1v) is 36.3. The maximum absolute atomic E-state index is 12.8. The van der Waals surface area contributed by atoms with Crippen molar-refractivity contribution in [3.05, 3.63) is 120 Å². The van der Waals surface area contributed by atoms with E-state index in [4.69, 9.17) is 23.2 Å². The lowest BCUT2D eigenvalue weighted by atomic mass is 10.1. The number of benzene rings is 8. The van der Waals surface area contributed by atoms with Gasteiger partial charge in [0.15, 0.2) is 11.5 Å². The van der Waals surface area contributed by atoms with Crippen molar-refractivity contribution in [3.63, 3.8) is 0 Å². The lowest BCUT2D eigenvalue weighted by molar-refractivity contribution is 0.266. The summed E-state index contributed by atoms with van der Waals surface area (Å²) in [6.45, 7) is 2.56. The smallest absolute Gasteiger partial charge is 0.297 e. The molecule has 8 aromatic carbocycles. The maximum atomic E-state index is 12.8. The summed E-state index contributed by atoms with van der Waals surface area (Å²) in [4.78, 5) is 25.9. The molecule has 0 atom stereocenters. The molecule has 11 rings (SSSR count). The van der Waals surface area contributed by atoms with Crippen molar-refractivity contribution in [1.82, 2.24) is 34.8 Å². The Hall–Kier alpha value is -9.18. The number of azo groups is 2. The Kier molecular flexibility index (Phi) is 18.1. The molecule has 35 nitrogen and oxygen atoms in total. The summed E-state index contributed by atoms with van der Waals surface area (Å²) in [6.07, 6.45) is 0. The summed E-state index contributed by atoms with van der Waals surface area (Å²) in [5.74, 6) is -1.49. The van der Waals surface area contributed by atoms with Crippen LogP contribution in [0.25, 0.3) is 43.1 Å². The SMILES string of the molecule is CN(c1ccc2c(O)c(N=Nc3ccc4c(S(=O)(=O)O)cccc4c3S(=O)(=O)O)c(S(=O)(=O)O)cc2c1)c1nc(Cl)nc(N2CCN(CCNc3nc(Cl)nc(Nc4ccc5c(O)c(N=Nc6ccc7c(S(=O)(=O)O)cccc7c6S(=O)(=O)O)c(S(=O)(=O)O)cc5c4)n3)CC2)n1. The number of aromatic hydroxyl groups is 2. The zero-order valence-electron chi connectivity index (χ0n) is 48.1. The molecule has 0 saturated carbocycles. The summed E-state index contributed by atoms with van der Waals surface area (Å²) >= 11 is 12.7. The Balaban J connectivity index is 0.748. The highest BCUT2D eigenvalue weighted by Gasteiger charge is 2.30. The predicted molar refractivity (Wildman–Crippen MR) is 345 cm³/mol. The highest BCUT2D eigenvalue weighted by Crippen LogP contribution is 2.46. The van der Waals surface area contributed by atoms with Crippen molar-refractivity contribution in [1.29, 1.82) is 0 Å². The number of nitrogens with one attached hydrogen (secondary N) is 2. The normalized spacial score (nSPS) is 14.0. The van der Waals surface area contributed by atoms with Crippen LogP contribution in [0.5, 0.6) is 11.5 Å². The number of fused-ring (bicyclic) bond motifs is 4. The van der Waals surface area contributed by atoms with Gasteiger partial charge in [-0.05, 0) is 107 Å². The second-order valence-electron chi connectivity index (χ2n) is 20.7. The highest BCUT2D eigenvalue weighted by atomic mass is 35.5. The molecule has 0 aliphatic carbocycles. The molecule has 1 aliphatic rings. The van der Waals surface area contributed by atoms with Crippen molar-refractivity contribution in [2.24, 2.45) is 20.5 Å². The van der Waals surface area contributed by atoms with Gasteiger partial charge in [-0.25, -0.2) is 0 Å². The van der Waals surface area contributed by atoms with Crippen LogP contribution in [0.3, 0.4) is 0 Å². The van der Waals surface area contributed by atoms with Crippen molar-refractivity contribution in [2.45, 2.75) is 29.4 Å². The van der Waals surface area contributed by atoms with Gasteiger partial charge in [0.25, 0.3) is 60.7 Å². The second-order valence-corrected chi connectivity index (χ2v) is 29.6. The van der Waals surface area contributed by atoms with Gasteiger partial charge in [0.2, 0.25) is 34.4 Å². The van der Waals surface area contributed by atoms with Gasteiger partial charge in [0, 0.05) is 90.0 Å². The van der Waals surface area contributed by atoms with Gasteiger partial charge in [0.1, 0.15) is 52.1 Å². The highest BCUT2D eigenvalue weighted by molar-refractivity contribution is 7.87. The number of rotatable bonds is 19. The minimum Gasteiger partial charge on any atom is -0.505 e. The molecule has 0 spiro atoms. The number of phenols is 2. The van der Waals surface area contributed by atoms with Crippen LogP contribution in [0.15, 0.2) is 159 Å². The van der Waals surface area contributed by atoms with Crippen molar-refractivity contribution < 1.29 is 88.0 Å². The van der Waals surface area contributed by atoms with Gasteiger partial charge in [-0.15, -0.1) is 20.5 Å². The molecule has 500 valence electrons. The molecule has 0 bridgehead atoms. The molecule has 3 heterocycles. The molecule has 43 heteroatoms. The lowest BCUT2D eigenvalue weighted by Gasteiger charge is -2.34. The Morgan fingerprint density at radius 2 is 0.948 bits per heavy atom. The van der Waals surface area contributed by atoms with E-state index >= 15 is 0 Å². The van der Waals surface area contributed by atoms with E-state index in [2.05, 4.69) is 65.9 Å². The third-order valence-corrected chi connectivity index (χ3v) is 20.4. The van der Waals surface area contributed by atoms with Crippen molar-refractivity contribution in [3.8, 4) is 11.5 Å². The topological polar surface area (TPSA) is 527 Å². The summed E-state index contributed by atoms with van der Waals surface area (Å²) in [6, 6.07) is 20.4. The molecule has 1 fully saturated rings. The number of aromatic nitrogens is 6. The molecule has 2 aromatic heterocycles. The number of anilines is 6. The fourth-order valence-corrected chi connectivity index (χ4v) is 15.0. The average molecular weight is 1470 g/mol. The second kappa shape index (κ2) is 25.4. The number of halogens is 2. The van der Waals surface area contributed by atoms with Crippen LogP contribution in [0.1, 0.15) is 0 Å². The van der Waals surface area contributed by atoms with E-state index in [0.29, 0.717) is 45.0 Å². The summed E-state index contributed by atoms with van der Waals surface area (Å²) < 4.78 is 210. The molecule has 0 unspecified atom stereocenters. The van der Waals surface area contributed by atoms with E-state index in [1.165, 1.54) is 41.3 Å². The minimum atomic E-state index is -5.24. The molecule has 96 heavy (non-hydrogen) atoms. The largest absolute Gasteiger partial charge is 0.505 e. The van der Waals surface area contributed by atoms with Gasteiger partial charge in [-0.3, -0.25) is 32.2 Å². The minimum absolute atomic E-state index is 0.00101. The standard InChI is InChI=1S/C53H43Cl2N15O20S6/c1-68(29-9-11-31-27(23-29)25-41(94(82,83)84)43(45(31)72)67-65-37-15-13-33-35(47(37)96(88,89)90)5-3-7-39(33)92(76,77)78)52-60-49(55)61-53(63-52)70-20-18-69(19-21-70)17-16-56-50-58-48(54)59-51(62-50)57-28-8-10-30-26(22-28)24-40(93(79,80)81)42(44(30)71)66-64-36-14-12-32-34(46(36)95(85,86)87)4-2-6-38(32)91(73,74)75/h2-15,22-25,71-72H,16-21H2,1H3,(H,73,74,75)(H,76,77,78)(H,79,80,81)(H,82,83,84)(H,85,86,87)(H,88,89,90)(H2,56,57,58,59,62). The fourth-order valence-electron chi connectivity index (χ4n) is 10.3. The van der Waals surface area contributed by atoms with Crippen LogP contribution in [-0.2, 0) is 60.7 Å². The summed E-state index contributed by atoms with van der Waals surface area (Å²) in [5, 5.41) is 41.8. The van der Waals surface area contributed by atoms with E-state index in [1.54, 1.807) is 7.05 Å². The first-order chi connectivity index (χ1) is 44.9. The van der Waals surface area contributed by atoms with E-state index in [1.807, 2.05) is 4.90 Å². The van der Waals surface area contributed by atoms with Crippen molar-refractivity contribution in [2.75, 3.05) is 66.7 Å². The average Bonchev–Trinajstić information content (AvgIpc) is 0.794. The Morgan fingerprint density at radius 1 is 0.479 bits per heavy atom. The van der Waals surface area contributed by atoms with Crippen LogP contribution < -0.4 is 20.4 Å². The van der Waals surface area contributed by atoms with Gasteiger partial charge < -0.3 is 30.6 Å². The fraction of sp³-hybridized carbons (Fsp3) is 0.132. The first-order valence-electron chi connectivity index (χ1n) is 26.9. The van der Waals surface area contributed by atoms with Crippen molar-refractivity contribution >= 4 is 185 Å². The van der Waals surface area contributed by atoms with Gasteiger partial charge in [-0.2, -0.15) is 80.4 Å². The van der Waals surface area contributed by atoms with Crippen LogP contribution in [0, 0.1) is 0 Å². The van der Waals surface area contributed by atoms with Crippen LogP contribution in [-0.4, -0.2) is 169 Å². The number of hydrogen-bond acceptors (Lipinski definition) is 29. The molecule has 0 radical (unpaired) electrons. The van der Waals surface area contributed by atoms with E-state index in [-0.39, 0.29) is 72.4 Å². The third kappa shape index (κ3) is 14.2. The van der Waals surface area contributed by atoms with Gasteiger partial charge >= 0.3 is 0 Å². The Morgan fingerprint density at radius 3 is 1.45 bits per heavy atom. The number of nitrogens with zero attached hydrogens (tertiary/aromatic N) is 13. The van der Waals surface area contributed by atoms with Crippen LogP contribution in [0.2, 0.25) is 10.6 Å². The van der Waals surface area contributed by atoms with Gasteiger partial charge in [0.05, 0.1) is 0 Å². The van der Waals surface area contributed by atoms with Crippen LogP contribution >= 0.6 is 23.2 Å². The third-order valence-electron chi connectivity index (χ3n) is 14.6. The summed E-state index contributed by atoms with van der Waals surface area (Å²) in [7, 11) is -29.2. The number of phenolic OH excluding ortho intramolecular Hbond substituents is 2. The molecule has 10 aromatic rings. The van der Waals surface area contributed by atoms with Gasteiger partial charge in [-0.1, -0.05) is 36.4 Å². The first kappa shape index (κ1) is 68.2. The predicted octanol–water partition coefficient (Wildman–Crippen LogP) is 8.44. The lowest BCUT2D eigenvalue weighted by Crippen LogP contribution is -2.48. The molecule has 1 aliphatic heterocycles. The summed E-state index contributed by atoms with van der Waals surface area (Å²) in [5.41, 5.74) is -2.51. The zero-order chi connectivity index (χ0) is 69.4. The molecule has 1 saturated heterocycles. The Labute approximate surface area is 552 Å². The maximum Gasteiger partial charge on any atom is 0.297 e. The Bertz CT molecular complexity index is 5750. The zero-order valence-corrected chi connectivity index (χ0v) is 54.5. The van der Waals surface area contributed by atoms with Crippen LogP contribution in [0.4, 0.5) is 57.9 Å². The molecular weight excluding hydrogens is 1430 g/mol. The quantitative estimate of drug-likeness (QED) is 0.0268. The molecule has 10 N–H and O–H groups in total. The molecular formula is C53H43Cl2N15O20S6. The number of hydrogen-bond donors (Lipinski definition) is 10.